The molecule has 8 aromatic rings. The van der Waals surface area contributed by atoms with Crippen LogP contribution in [0.15, 0.2) is 109 Å². The van der Waals surface area contributed by atoms with Crippen molar-refractivity contribution in [2.24, 2.45) is 7.05 Å². The highest BCUT2D eigenvalue weighted by molar-refractivity contribution is 7.22. The van der Waals surface area contributed by atoms with Gasteiger partial charge in [-0.15, -0.1) is 0 Å². The Morgan fingerprint density at radius 2 is 1.69 bits per heavy atom. The second-order valence-electron chi connectivity index (χ2n) is 19.3. The number of para-hydroxylation sites is 1. The number of nitrogens with zero attached hydrogens (tertiary/aromatic N) is 5. The van der Waals surface area contributed by atoms with Crippen molar-refractivity contribution in [3.63, 3.8) is 0 Å². The quantitative estimate of drug-likeness (QED) is 0.0850. The van der Waals surface area contributed by atoms with E-state index in [2.05, 4.69) is 51.7 Å². The van der Waals surface area contributed by atoms with Gasteiger partial charge in [0, 0.05) is 55.2 Å². The molecule has 4 N–H and O–H groups in total. The number of carboxylic acid groups (broad SMARTS) is 1. The number of aryl methyl sites for hydroxylation is 2. The normalized spacial score (nSPS) is 14.8. The maximum Gasteiger partial charge on any atom is 0.355 e. The number of aromatic nitrogens is 4. The summed E-state index contributed by atoms with van der Waals surface area (Å²) in [5, 5.41) is 25.2. The second kappa shape index (κ2) is 19.2. The number of carboxylic acids is 1. The lowest BCUT2D eigenvalue weighted by molar-refractivity contribution is -0.134. The van der Waals surface area contributed by atoms with Crippen LogP contribution in [0.4, 0.5) is 16.6 Å². The van der Waals surface area contributed by atoms with Crippen molar-refractivity contribution in [3.8, 4) is 22.6 Å². The molecule has 1 unspecified atom stereocenters. The number of anilines is 3. The number of rotatable bonds is 12. The maximum absolute atomic E-state index is 13.8. The first-order chi connectivity index (χ1) is 34.6. The highest BCUT2D eigenvalue weighted by atomic mass is 32.1. The first-order valence-corrected chi connectivity index (χ1v) is 24.7. The standard InChI is InChI=1S/C56H52N8O7S/c1-31-36(11-9-14-44(31)71-35-20-16-32(17-21-35)18-24-47(65)57-34-19-22-38-43(28-34)63(5)62-50(38)39-23-25-48(66)60-53(39)68)49-41(56(2,3)4)29-46(59-51(49)54(69)70)64-27-26-33-10-8-12-37(40(33)30-64)52(67)61-55-58-42-13-6-7-15-45(42)72-55/h6-17,19-22,28-29,39H,18,23-27,30H2,1-5H3,(H,57,65)(H,69,70)(H,58,61,67)(H,60,66,68). The number of pyridine rings is 1. The molecular formula is C56H52N8O7S. The number of hydrogen-bond donors (Lipinski definition) is 4. The van der Waals surface area contributed by atoms with Gasteiger partial charge in [0.15, 0.2) is 10.8 Å². The number of carbonyl (C=O) groups is 5. The molecule has 1 saturated heterocycles. The highest BCUT2D eigenvalue weighted by Crippen LogP contribution is 2.42. The van der Waals surface area contributed by atoms with E-state index in [0.717, 1.165) is 48.9 Å². The number of aromatic carboxylic acids is 1. The topological polar surface area (TPSA) is 198 Å². The number of ether oxygens (including phenoxy) is 1. The highest BCUT2D eigenvalue weighted by Gasteiger charge is 2.33. The van der Waals surface area contributed by atoms with E-state index in [1.54, 1.807) is 17.8 Å². The van der Waals surface area contributed by atoms with Gasteiger partial charge in [0.25, 0.3) is 5.91 Å². The Morgan fingerprint density at radius 1 is 0.903 bits per heavy atom. The molecule has 0 radical (unpaired) electrons. The van der Waals surface area contributed by atoms with Crippen LogP contribution in [0.25, 0.3) is 32.2 Å². The van der Waals surface area contributed by atoms with Crippen LogP contribution < -0.4 is 25.6 Å². The molecule has 3 aromatic heterocycles. The number of nitrogens with one attached hydrogen (secondary N) is 3. The summed E-state index contributed by atoms with van der Waals surface area (Å²) in [5.74, 6) is -1.07. The number of carbonyl (C=O) groups excluding carboxylic acids is 4. The van der Waals surface area contributed by atoms with E-state index in [0.29, 0.717) is 82.9 Å². The molecule has 16 heteroatoms. The van der Waals surface area contributed by atoms with Gasteiger partial charge in [-0.05, 0) is 126 Å². The van der Waals surface area contributed by atoms with Crippen LogP contribution in [0.2, 0.25) is 0 Å². The number of piperidine rings is 1. The SMILES string of the molecule is Cc1c(Oc2ccc(CCC(=O)Nc3ccc4c(C5CCC(=O)NC5=O)nn(C)c4c3)cc2)cccc1-c1c(C(C)(C)C)cc(N2CCc3cccc(C(=O)Nc4nc5ccccc5s4)c3C2)nc1C(=O)O. The van der Waals surface area contributed by atoms with Crippen LogP contribution in [-0.4, -0.2) is 61.0 Å². The lowest BCUT2D eigenvalue weighted by atomic mass is 9.80. The van der Waals surface area contributed by atoms with E-state index >= 15 is 0 Å². The molecule has 2 aliphatic heterocycles. The fourth-order valence-corrected chi connectivity index (χ4v) is 10.6. The summed E-state index contributed by atoms with van der Waals surface area (Å²) in [6.07, 6.45) is 2.01. The van der Waals surface area contributed by atoms with Gasteiger partial charge in [0.2, 0.25) is 17.7 Å². The van der Waals surface area contributed by atoms with Crippen molar-refractivity contribution in [3.05, 3.63) is 154 Å². The van der Waals surface area contributed by atoms with Gasteiger partial charge < -0.3 is 20.1 Å². The molecule has 5 aromatic carbocycles. The minimum atomic E-state index is -1.16. The largest absolute Gasteiger partial charge is 0.476 e. The smallest absolute Gasteiger partial charge is 0.355 e. The summed E-state index contributed by atoms with van der Waals surface area (Å²) in [4.78, 5) is 76.0. The molecule has 72 heavy (non-hydrogen) atoms. The molecule has 0 aliphatic carbocycles. The van der Waals surface area contributed by atoms with Crippen molar-refractivity contribution in [2.45, 2.75) is 77.7 Å². The Balaban J connectivity index is 0.833. The first-order valence-electron chi connectivity index (χ1n) is 23.9. The minimum Gasteiger partial charge on any atom is -0.476 e. The third kappa shape index (κ3) is 9.52. The van der Waals surface area contributed by atoms with Gasteiger partial charge in [-0.25, -0.2) is 14.8 Å². The maximum atomic E-state index is 13.8. The summed E-state index contributed by atoms with van der Waals surface area (Å²) in [5.41, 5.74) is 8.37. The first kappa shape index (κ1) is 47.4. The monoisotopic (exact) mass is 980 g/mol. The molecule has 0 bridgehead atoms. The molecule has 15 nitrogen and oxygen atoms in total. The molecule has 4 amide bonds. The van der Waals surface area contributed by atoms with E-state index in [9.17, 15) is 29.1 Å². The van der Waals surface area contributed by atoms with Crippen LogP contribution >= 0.6 is 11.3 Å². The Morgan fingerprint density at radius 3 is 2.46 bits per heavy atom. The van der Waals surface area contributed by atoms with Gasteiger partial charge in [0.1, 0.15) is 17.3 Å². The van der Waals surface area contributed by atoms with E-state index < -0.39 is 17.3 Å². The number of amides is 4. The summed E-state index contributed by atoms with van der Waals surface area (Å²) in [7, 11) is 1.78. The number of fused-ring (bicyclic) bond motifs is 3. The van der Waals surface area contributed by atoms with Crippen LogP contribution in [0.3, 0.4) is 0 Å². The van der Waals surface area contributed by atoms with Crippen molar-refractivity contribution in [1.29, 1.82) is 0 Å². The minimum absolute atomic E-state index is 0.0739. The lowest BCUT2D eigenvalue weighted by Gasteiger charge is -2.33. The van der Waals surface area contributed by atoms with Gasteiger partial charge >= 0.3 is 5.97 Å². The fourth-order valence-electron chi connectivity index (χ4n) is 9.70. The number of thiazole rings is 1. The molecule has 10 rings (SSSR count). The molecule has 0 saturated carbocycles. The Hall–Kier alpha value is -8.24. The van der Waals surface area contributed by atoms with Crippen LogP contribution in [0.1, 0.15) is 100 Å². The predicted molar refractivity (Wildman–Crippen MR) is 278 cm³/mol. The Labute approximate surface area is 419 Å². The summed E-state index contributed by atoms with van der Waals surface area (Å²) >= 11 is 1.42. The van der Waals surface area contributed by atoms with Crippen molar-refractivity contribution in [1.82, 2.24) is 25.1 Å². The van der Waals surface area contributed by atoms with Crippen molar-refractivity contribution in [2.75, 3.05) is 22.1 Å². The Kier molecular flexibility index (Phi) is 12.6. The molecule has 2 aliphatic rings. The number of imide groups is 1. The van der Waals surface area contributed by atoms with Crippen LogP contribution in [0.5, 0.6) is 11.5 Å². The summed E-state index contributed by atoms with van der Waals surface area (Å²) in [6.45, 7) is 9.03. The van der Waals surface area contributed by atoms with Crippen LogP contribution in [-0.2, 0) is 46.2 Å². The van der Waals surface area contributed by atoms with Gasteiger partial charge in [0.05, 0.1) is 27.3 Å². The molecule has 1 atom stereocenters. The van der Waals surface area contributed by atoms with Gasteiger partial charge in [-0.1, -0.05) is 80.6 Å². The zero-order valence-corrected chi connectivity index (χ0v) is 41.3. The third-order valence-corrected chi connectivity index (χ3v) is 14.4. The third-order valence-electron chi connectivity index (χ3n) is 13.5. The lowest BCUT2D eigenvalue weighted by Crippen LogP contribution is -2.39. The van der Waals surface area contributed by atoms with Gasteiger partial charge in [-0.2, -0.15) is 5.10 Å². The fraction of sp³-hybridized carbons (Fsp3) is 0.250. The van der Waals surface area contributed by atoms with Gasteiger partial charge in [-0.3, -0.25) is 34.5 Å². The van der Waals surface area contributed by atoms with Crippen molar-refractivity contribution < 1.29 is 33.8 Å². The van der Waals surface area contributed by atoms with E-state index in [1.807, 2.05) is 110 Å². The zero-order valence-electron chi connectivity index (χ0n) is 40.5. The average molecular weight is 981 g/mol. The summed E-state index contributed by atoms with van der Waals surface area (Å²) in [6, 6.07) is 34.1. The summed E-state index contributed by atoms with van der Waals surface area (Å²) < 4.78 is 9.11. The average Bonchev–Trinajstić information content (AvgIpc) is 3.92. The molecule has 5 heterocycles. The molecular weight excluding hydrogens is 929 g/mol. The van der Waals surface area contributed by atoms with E-state index in [4.69, 9.17) is 9.72 Å². The zero-order chi connectivity index (χ0) is 50.4. The van der Waals surface area contributed by atoms with Crippen LogP contribution in [0, 0.1) is 6.92 Å². The molecule has 0 spiro atoms. The molecule has 1 fully saturated rings. The number of benzene rings is 5. The Bertz CT molecular complexity index is 3470. The second-order valence-corrected chi connectivity index (χ2v) is 20.4. The van der Waals surface area contributed by atoms with E-state index in [-0.39, 0.29) is 42.2 Å². The predicted octanol–water partition coefficient (Wildman–Crippen LogP) is 10.2. The van der Waals surface area contributed by atoms with Crippen molar-refractivity contribution >= 4 is 78.7 Å². The molecule has 364 valence electrons. The number of hydrogen-bond acceptors (Lipinski definition) is 11. The van der Waals surface area contributed by atoms with E-state index in [1.165, 1.54) is 11.3 Å².